The van der Waals surface area contributed by atoms with E-state index in [1.54, 1.807) is 42.4 Å². The zero-order valence-electron chi connectivity index (χ0n) is 24.5. The molecule has 1 aliphatic rings. The molecule has 0 spiro atoms. The number of hydrogen-bond donors (Lipinski definition) is 1. The highest BCUT2D eigenvalue weighted by molar-refractivity contribution is 5.80. The molecule has 2 unspecified atom stereocenters. The maximum absolute atomic E-state index is 13.4. The van der Waals surface area contributed by atoms with Crippen LogP contribution >= 0.6 is 0 Å². The van der Waals surface area contributed by atoms with Crippen LogP contribution in [0.25, 0.3) is 5.95 Å². The van der Waals surface area contributed by atoms with Crippen molar-refractivity contribution in [1.29, 1.82) is 0 Å². The fourth-order valence-corrected chi connectivity index (χ4v) is 4.87. The highest BCUT2D eigenvalue weighted by atomic mass is 16.5. The molecule has 220 valence electrons. The van der Waals surface area contributed by atoms with Gasteiger partial charge in [-0.15, -0.1) is 0 Å². The summed E-state index contributed by atoms with van der Waals surface area (Å²) in [6, 6.07) is 6.95. The Morgan fingerprint density at radius 3 is 2.49 bits per heavy atom. The van der Waals surface area contributed by atoms with Crippen LogP contribution < -0.4 is 19.7 Å². The fraction of sp³-hybridized carbons (Fsp3) is 0.483. The van der Waals surface area contributed by atoms with Gasteiger partial charge >= 0.3 is 0 Å². The van der Waals surface area contributed by atoms with E-state index in [0.29, 0.717) is 42.9 Å². The first kappa shape index (κ1) is 29.8. The van der Waals surface area contributed by atoms with Crippen molar-refractivity contribution < 1.29 is 23.8 Å². The molecule has 1 N–H and O–H groups in total. The summed E-state index contributed by atoms with van der Waals surface area (Å²) in [5.74, 6) is 2.33. The molecule has 2 atom stereocenters. The van der Waals surface area contributed by atoms with Crippen molar-refractivity contribution in [3.05, 3.63) is 54.2 Å². The minimum atomic E-state index is -0.312. The van der Waals surface area contributed by atoms with Gasteiger partial charge in [-0.3, -0.25) is 14.2 Å². The summed E-state index contributed by atoms with van der Waals surface area (Å²) in [6.07, 6.45) is 5.30. The van der Waals surface area contributed by atoms with Gasteiger partial charge in [-0.2, -0.15) is 4.98 Å². The number of methoxy groups -OCH3 is 3. The van der Waals surface area contributed by atoms with Gasteiger partial charge in [-0.25, -0.2) is 9.97 Å². The summed E-state index contributed by atoms with van der Waals surface area (Å²) in [4.78, 5) is 43.7. The molecule has 12 heteroatoms. The maximum Gasteiger partial charge on any atom is 0.248 e. The average molecular weight is 566 g/mol. The molecule has 3 heterocycles. The Hall–Kier alpha value is -4.19. The predicted molar refractivity (Wildman–Crippen MR) is 154 cm³/mol. The van der Waals surface area contributed by atoms with Gasteiger partial charge in [0.25, 0.3) is 0 Å². The predicted octanol–water partition coefficient (Wildman–Crippen LogP) is 2.73. The topological polar surface area (TPSA) is 124 Å². The first-order chi connectivity index (χ1) is 19.7. The summed E-state index contributed by atoms with van der Waals surface area (Å²) in [5, 5.41) is 3.10. The van der Waals surface area contributed by atoms with Crippen molar-refractivity contribution in [3.63, 3.8) is 0 Å². The lowest BCUT2D eigenvalue weighted by atomic mass is 10.0. The molecule has 1 aliphatic heterocycles. The minimum Gasteiger partial charge on any atom is -0.493 e. The number of nitrogens with zero attached hydrogens (tertiary/aromatic N) is 6. The monoisotopic (exact) mass is 565 g/mol. The molecular formula is C29H39N7O5. The summed E-state index contributed by atoms with van der Waals surface area (Å²) < 4.78 is 17.6. The lowest BCUT2D eigenvalue weighted by molar-refractivity contribution is -0.136. The standard InChI is InChI=1S/C29H39N7O5/c1-19(2)23-15-26(33-29(32-23)35-10-9-30-18-35)36-12-11-34(28(38)17-39-4)16-22(36)14-27(37)31-20(3)21-7-8-24(40-5)25(13-21)41-6/h7-10,13,15,18-20,22H,11-12,14,16-17H2,1-6H3,(H,31,37). The minimum absolute atomic E-state index is 0.00889. The second-order valence-electron chi connectivity index (χ2n) is 10.3. The molecule has 4 rings (SSSR count). The van der Waals surface area contributed by atoms with Gasteiger partial charge in [0, 0.05) is 51.6 Å². The zero-order chi connectivity index (χ0) is 29.5. The number of imidazole rings is 1. The van der Waals surface area contributed by atoms with E-state index in [4.69, 9.17) is 24.2 Å². The first-order valence-electron chi connectivity index (χ1n) is 13.7. The van der Waals surface area contributed by atoms with Crippen LogP contribution in [0.3, 0.4) is 0 Å². The molecule has 1 saturated heterocycles. The van der Waals surface area contributed by atoms with E-state index >= 15 is 0 Å². The normalized spacial score (nSPS) is 16.0. The maximum atomic E-state index is 13.4. The van der Waals surface area contributed by atoms with E-state index in [9.17, 15) is 9.59 Å². The van der Waals surface area contributed by atoms with Gasteiger partial charge in [0.15, 0.2) is 11.5 Å². The van der Waals surface area contributed by atoms with E-state index in [1.807, 2.05) is 31.2 Å². The summed E-state index contributed by atoms with van der Waals surface area (Å²) in [7, 11) is 4.66. The first-order valence-corrected chi connectivity index (χ1v) is 13.7. The van der Waals surface area contributed by atoms with E-state index in [2.05, 4.69) is 29.0 Å². The smallest absolute Gasteiger partial charge is 0.248 e. The van der Waals surface area contributed by atoms with Gasteiger partial charge in [0.2, 0.25) is 17.8 Å². The van der Waals surface area contributed by atoms with Crippen molar-refractivity contribution in [1.82, 2.24) is 29.7 Å². The molecule has 0 radical (unpaired) electrons. The number of benzene rings is 1. The molecule has 1 aromatic carbocycles. The number of anilines is 1. The Balaban J connectivity index is 1.59. The van der Waals surface area contributed by atoms with Crippen molar-refractivity contribution in [2.24, 2.45) is 0 Å². The number of rotatable bonds is 11. The number of ether oxygens (including phenoxy) is 3. The van der Waals surface area contributed by atoms with Crippen LogP contribution in [0.5, 0.6) is 11.5 Å². The van der Waals surface area contributed by atoms with Crippen LogP contribution in [0, 0.1) is 0 Å². The average Bonchev–Trinajstić information content (AvgIpc) is 3.52. The zero-order valence-corrected chi connectivity index (χ0v) is 24.5. The number of piperazine rings is 1. The Bertz CT molecular complexity index is 1330. The molecule has 41 heavy (non-hydrogen) atoms. The third kappa shape index (κ3) is 7.12. The Morgan fingerprint density at radius 1 is 1.05 bits per heavy atom. The molecule has 2 aromatic heterocycles. The van der Waals surface area contributed by atoms with Crippen molar-refractivity contribution >= 4 is 17.6 Å². The van der Waals surface area contributed by atoms with Crippen LogP contribution in [0.15, 0.2) is 43.0 Å². The second-order valence-corrected chi connectivity index (χ2v) is 10.3. The van der Waals surface area contributed by atoms with E-state index < -0.39 is 0 Å². The van der Waals surface area contributed by atoms with Crippen LogP contribution in [-0.2, 0) is 14.3 Å². The van der Waals surface area contributed by atoms with E-state index in [-0.39, 0.29) is 42.8 Å². The fourth-order valence-electron chi connectivity index (χ4n) is 4.87. The number of amides is 2. The second kappa shape index (κ2) is 13.4. The molecule has 0 bridgehead atoms. The summed E-state index contributed by atoms with van der Waals surface area (Å²) in [5.41, 5.74) is 1.76. The highest BCUT2D eigenvalue weighted by Crippen LogP contribution is 2.30. The molecule has 0 saturated carbocycles. The molecule has 2 amide bonds. The van der Waals surface area contributed by atoms with Gasteiger partial charge in [-0.1, -0.05) is 19.9 Å². The van der Waals surface area contributed by atoms with Crippen LogP contribution in [0.1, 0.15) is 50.4 Å². The summed E-state index contributed by atoms with van der Waals surface area (Å²) >= 11 is 0. The number of nitrogens with one attached hydrogen (secondary N) is 1. The van der Waals surface area contributed by atoms with Crippen LogP contribution in [-0.4, -0.2) is 89.8 Å². The van der Waals surface area contributed by atoms with Crippen molar-refractivity contribution in [2.75, 3.05) is 52.5 Å². The number of carbonyl (C=O) groups is 2. The Labute approximate surface area is 240 Å². The molecule has 12 nitrogen and oxygen atoms in total. The highest BCUT2D eigenvalue weighted by Gasteiger charge is 2.33. The molecule has 0 aliphatic carbocycles. The van der Waals surface area contributed by atoms with Crippen LogP contribution in [0.2, 0.25) is 0 Å². The van der Waals surface area contributed by atoms with Gasteiger partial charge in [-0.05, 0) is 30.5 Å². The SMILES string of the molecule is COCC(=O)N1CCN(c2cc(C(C)C)nc(-n3ccnc3)n2)C(CC(=O)NC(C)c2ccc(OC)c(OC)c2)C1. The molecular weight excluding hydrogens is 526 g/mol. The lowest BCUT2D eigenvalue weighted by Gasteiger charge is -2.42. The number of hydrogen-bond acceptors (Lipinski definition) is 9. The molecule has 3 aromatic rings. The van der Waals surface area contributed by atoms with Crippen molar-refractivity contribution in [2.45, 2.75) is 45.2 Å². The number of carbonyl (C=O) groups excluding carboxylic acids is 2. The summed E-state index contributed by atoms with van der Waals surface area (Å²) in [6.45, 7) is 7.42. The lowest BCUT2D eigenvalue weighted by Crippen LogP contribution is -2.57. The van der Waals surface area contributed by atoms with E-state index in [0.717, 1.165) is 11.3 Å². The number of aromatic nitrogens is 4. The van der Waals surface area contributed by atoms with Crippen molar-refractivity contribution in [3.8, 4) is 17.4 Å². The quantitative estimate of drug-likeness (QED) is 0.374. The third-order valence-corrected chi connectivity index (χ3v) is 7.15. The molecule has 1 fully saturated rings. The largest absolute Gasteiger partial charge is 0.493 e. The van der Waals surface area contributed by atoms with Crippen LogP contribution in [0.4, 0.5) is 5.82 Å². The third-order valence-electron chi connectivity index (χ3n) is 7.15. The van der Waals surface area contributed by atoms with Gasteiger partial charge in [0.1, 0.15) is 18.8 Å². The van der Waals surface area contributed by atoms with Gasteiger partial charge in [0.05, 0.1) is 32.0 Å². The van der Waals surface area contributed by atoms with Gasteiger partial charge < -0.3 is 29.3 Å². The Kier molecular flexibility index (Phi) is 9.77. The Morgan fingerprint density at radius 2 is 1.83 bits per heavy atom. The van der Waals surface area contributed by atoms with E-state index in [1.165, 1.54) is 7.11 Å².